The monoisotopic (exact) mass is 180 g/mol. The maximum Gasteiger partial charge on any atom is 1.00 e. The fourth-order valence-corrected chi connectivity index (χ4v) is 0. The van der Waals surface area contributed by atoms with Crippen LogP contribution in [0.15, 0.2) is 0 Å². The molecule has 0 nitrogen and oxygen atoms in total. The Morgan fingerprint density at radius 2 is 1.80 bits per heavy atom. The van der Waals surface area contributed by atoms with E-state index in [4.69, 9.17) is 0 Å². The van der Waals surface area contributed by atoms with Crippen LogP contribution in [0.2, 0.25) is 4.47 Å². The van der Waals surface area contributed by atoms with Gasteiger partial charge >= 0.3 is 59.0 Å². The quantitative estimate of drug-likeness (QED) is 0.406. The van der Waals surface area contributed by atoms with Gasteiger partial charge < -0.3 is 0 Å². The molecule has 0 aromatic heterocycles. The molecule has 0 aliphatic rings. The normalized spacial score (nSPS) is 6.00. The summed E-state index contributed by atoms with van der Waals surface area (Å²) in [6.45, 7) is 2.18. The maximum absolute atomic E-state index is 2.18. The minimum Gasteiger partial charge on any atom is 1.00 e. The Morgan fingerprint density at radius 1 is 1.60 bits per heavy atom. The van der Waals surface area contributed by atoms with E-state index >= 15 is 0 Å². The van der Waals surface area contributed by atoms with Crippen LogP contribution in [-0.4, -0.2) is 22.3 Å². The predicted octanol–water partition coefficient (Wildman–Crippen LogP) is -2.01. The topological polar surface area (TPSA) is 0 Å². The molecular weight excluding hydrogens is 171 g/mol. The van der Waals surface area contributed by atoms with E-state index in [1.165, 1.54) is 10.9 Å². The zero-order valence-corrected chi connectivity index (χ0v) is 6.15. The van der Waals surface area contributed by atoms with Crippen LogP contribution in [0.3, 0.4) is 0 Å². The molecule has 5 heavy (non-hydrogen) atoms. The zero-order chi connectivity index (χ0) is 3.41. The second-order valence-electron chi connectivity index (χ2n) is 0.704. The Kier molecular flexibility index (Phi) is 17.4. The van der Waals surface area contributed by atoms with Crippen molar-refractivity contribution in [3.63, 3.8) is 0 Å². The van der Waals surface area contributed by atoms with Crippen molar-refractivity contribution in [1.29, 1.82) is 0 Å². The first kappa shape index (κ1) is 9.63. The van der Waals surface area contributed by atoms with E-state index < -0.39 is 0 Å². The molecule has 0 aliphatic carbocycles. The van der Waals surface area contributed by atoms with Crippen molar-refractivity contribution in [3.05, 3.63) is 0 Å². The molecular formula is C3H7LiTe. The Morgan fingerprint density at radius 3 is 1.80 bits per heavy atom. The standard InChI is InChI=1S/C3H8Te.Li/c1-2-3-4;/h4H,2-3H2,1H3;/q;+1/p-1. The van der Waals surface area contributed by atoms with Gasteiger partial charge in [-0.1, -0.05) is 0 Å². The van der Waals surface area contributed by atoms with Crippen LogP contribution in [0, 0.1) is 0 Å². The van der Waals surface area contributed by atoms with Gasteiger partial charge in [0.05, 0.1) is 0 Å². The molecule has 0 unspecified atom stereocenters. The largest absolute Gasteiger partial charge is 1.00 e. The molecule has 0 amide bonds. The Balaban J connectivity index is 0. The molecule has 0 rings (SSSR count). The number of hydrogen-bond donors (Lipinski definition) is 0. The zero-order valence-electron chi connectivity index (χ0n) is 3.82. The number of rotatable bonds is 1. The van der Waals surface area contributed by atoms with Gasteiger partial charge in [0.15, 0.2) is 0 Å². The Hall–Kier alpha value is 1.39. The van der Waals surface area contributed by atoms with Crippen molar-refractivity contribution in [2.45, 2.75) is 17.8 Å². The maximum atomic E-state index is 2.18. The van der Waals surface area contributed by atoms with Crippen molar-refractivity contribution >= 4 is 22.3 Å². The SMILES string of the molecule is CCC[Te-].[Li+]. The third kappa shape index (κ3) is 10.8. The molecule has 0 fully saturated rings. The summed E-state index contributed by atoms with van der Waals surface area (Å²) >= 11 is 2.12. The van der Waals surface area contributed by atoms with Crippen molar-refractivity contribution in [2.24, 2.45) is 0 Å². The van der Waals surface area contributed by atoms with Gasteiger partial charge in [-0.2, -0.15) is 0 Å². The Labute approximate surface area is 58.8 Å². The summed E-state index contributed by atoms with van der Waals surface area (Å²) in [7, 11) is 0. The average molecular weight is 178 g/mol. The van der Waals surface area contributed by atoms with Gasteiger partial charge in [0, 0.05) is 0 Å². The third-order valence-electron chi connectivity index (χ3n) is 0.204. The molecule has 0 saturated carbocycles. The Bertz CT molecular complexity index is 8.85. The molecule has 2 heteroatoms. The van der Waals surface area contributed by atoms with Crippen LogP contribution in [0.1, 0.15) is 13.3 Å². The molecule has 0 saturated heterocycles. The molecule has 0 N–H and O–H groups in total. The number of hydrogen-bond acceptors (Lipinski definition) is 0. The summed E-state index contributed by atoms with van der Waals surface area (Å²) in [6.07, 6.45) is 1.32. The third-order valence-corrected chi connectivity index (χ3v) is 1.37. The van der Waals surface area contributed by atoms with Gasteiger partial charge in [0.2, 0.25) is 0 Å². The molecule has 0 spiro atoms. The van der Waals surface area contributed by atoms with Gasteiger partial charge in [0.25, 0.3) is 0 Å². The van der Waals surface area contributed by atoms with Crippen LogP contribution in [0.25, 0.3) is 0 Å². The molecule has 0 aromatic rings. The van der Waals surface area contributed by atoms with E-state index in [1.54, 1.807) is 0 Å². The van der Waals surface area contributed by atoms with Crippen LogP contribution in [0.4, 0.5) is 0 Å². The van der Waals surface area contributed by atoms with E-state index in [1.807, 2.05) is 0 Å². The first-order valence-electron chi connectivity index (χ1n) is 1.50. The summed E-state index contributed by atoms with van der Waals surface area (Å²) in [6, 6.07) is 0. The smallest absolute Gasteiger partial charge is 1.00 e. The summed E-state index contributed by atoms with van der Waals surface area (Å²) in [5, 5.41) is 0. The minimum absolute atomic E-state index is 0. The van der Waals surface area contributed by atoms with Crippen molar-refractivity contribution in [3.8, 4) is 0 Å². The summed E-state index contributed by atoms with van der Waals surface area (Å²) in [5.41, 5.74) is 0. The second-order valence-corrected chi connectivity index (χ2v) is 1.87. The molecule has 0 atom stereocenters. The van der Waals surface area contributed by atoms with Gasteiger partial charge in [-0.25, -0.2) is 0 Å². The van der Waals surface area contributed by atoms with Crippen LogP contribution >= 0.6 is 0 Å². The van der Waals surface area contributed by atoms with Gasteiger partial charge in [-0.3, -0.25) is 0 Å². The minimum atomic E-state index is 0. The van der Waals surface area contributed by atoms with Crippen LogP contribution in [0.5, 0.6) is 0 Å². The first-order valence-corrected chi connectivity index (χ1v) is 3.14. The molecule has 0 aromatic carbocycles. The average Bonchev–Trinajstić information content (AvgIpc) is 1.37. The molecule has 0 heterocycles. The second kappa shape index (κ2) is 9.04. The van der Waals surface area contributed by atoms with E-state index in [0.29, 0.717) is 0 Å². The molecule has 0 radical (unpaired) electrons. The summed E-state index contributed by atoms with van der Waals surface area (Å²) < 4.78 is 1.33. The van der Waals surface area contributed by atoms with Crippen molar-refractivity contribution in [1.82, 2.24) is 0 Å². The van der Waals surface area contributed by atoms with Crippen LogP contribution in [-0.2, 0) is 0 Å². The van der Waals surface area contributed by atoms with E-state index in [0.717, 1.165) is 0 Å². The first-order chi connectivity index (χ1) is 1.91. The van der Waals surface area contributed by atoms with Crippen molar-refractivity contribution < 1.29 is 18.9 Å². The summed E-state index contributed by atoms with van der Waals surface area (Å²) in [5.74, 6) is 0. The molecule has 26 valence electrons. The van der Waals surface area contributed by atoms with E-state index in [2.05, 4.69) is 29.2 Å². The van der Waals surface area contributed by atoms with Gasteiger partial charge in [-0.05, 0) is 0 Å². The molecule has 0 bridgehead atoms. The fraction of sp³-hybridized carbons (Fsp3) is 1.00. The molecule has 0 aliphatic heterocycles. The predicted molar refractivity (Wildman–Crippen MR) is 20.9 cm³/mol. The van der Waals surface area contributed by atoms with Crippen LogP contribution < -0.4 is 18.9 Å². The van der Waals surface area contributed by atoms with E-state index in [-0.39, 0.29) is 18.9 Å². The summed E-state index contributed by atoms with van der Waals surface area (Å²) in [4.78, 5) is 0. The van der Waals surface area contributed by atoms with Gasteiger partial charge in [-0.15, -0.1) is 0 Å². The van der Waals surface area contributed by atoms with E-state index in [9.17, 15) is 0 Å². The van der Waals surface area contributed by atoms with Gasteiger partial charge in [0.1, 0.15) is 0 Å². The van der Waals surface area contributed by atoms with Crippen molar-refractivity contribution in [2.75, 3.05) is 0 Å². The fourth-order valence-electron chi connectivity index (χ4n) is 0.